The number of ketones is 1. The topological polar surface area (TPSA) is 62.0 Å². The smallest absolute Gasteiger partial charge is 0.292 e. The van der Waals surface area contributed by atoms with E-state index in [0.29, 0.717) is 22.5 Å². The molecule has 0 saturated carbocycles. The molecule has 1 heterocycles. The monoisotopic (exact) mass is 264 g/mol. The van der Waals surface area contributed by atoms with E-state index < -0.39 is 11.7 Å². The molecule has 1 aromatic carbocycles. The minimum absolute atomic E-state index is 0.348. The molecule has 4 nitrogen and oxygen atoms in total. The number of aromatic amines is 1. The van der Waals surface area contributed by atoms with E-state index in [9.17, 15) is 9.59 Å². The van der Waals surface area contributed by atoms with Gasteiger partial charge in [-0.1, -0.05) is 18.5 Å². The van der Waals surface area contributed by atoms with Gasteiger partial charge < -0.3 is 10.3 Å². The number of halogens is 1. The maximum absolute atomic E-state index is 12.0. The second-order valence-electron chi connectivity index (χ2n) is 3.98. The summed E-state index contributed by atoms with van der Waals surface area (Å²) >= 11 is 5.89. The Morgan fingerprint density at radius 1 is 1.39 bits per heavy atom. The molecule has 18 heavy (non-hydrogen) atoms. The first kappa shape index (κ1) is 12.6. The van der Waals surface area contributed by atoms with E-state index in [0.717, 1.165) is 11.9 Å². The van der Waals surface area contributed by atoms with Crippen molar-refractivity contribution in [1.29, 1.82) is 0 Å². The van der Waals surface area contributed by atoms with Crippen molar-refractivity contribution < 1.29 is 9.59 Å². The van der Waals surface area contributed by atoms with Crippen LogP contribution in [0.2, 0.25) is 5.02 Å². The van der Waals surface area contributed by atoms with Gasteiger partial charge in [0, 0.05) is 28.7 Å². The Balaban J connectivity index is 2.33. The molecule has 2 N–H and O–H groups in total. The van der Waals surface area contributed by atoms with Crippen molar-refractivity contribution in [3.8, 4) is 0 Å². The summed E-state index contributed by atoms with van der Waals surface area (Å²) in [6.07, 6.45) is 2.33. The number of hydrogen-bond donors (Lipinski definition) is 2. The second kappa shape index (κ2) is 5.23. The third kappa shape index (κ3) is 2.38. The highest BCUT2D eigenvalue weighted by Crippen LogP contribution is 2.22. The predicted molar refractivity (Wildman–Crippen MR) is 70.9 cm³/mol. The van der Waals surface area contributed by atoms with Gasteiger partial charge >= 0.3 is 0 Å². The lowest BCUT2D eigenvalue weighted by atomic mass is 10.1. The fraction of sp³-hybridized carbons (Fsp3) is 0.231. The van der Waals surface area contributed by atoms with Crippen LogP contribution in [0.3, 0.4) is 0 Å². The average Bonchev–Trinajstić information content (AvgIpc) is 2.77. The van der Waals surface area contributed by atoms with Crippen molar-refractivity contribution in [2.24, 2.45) is 0 Å². The van der Waals surface area contributed by atoms with Crippen molar-refractivity contribution in [2.75, 3.05) is 6.54 Å². The van der Waals surface area contributed by atoms with Crippen LogP contribution >= 0.6 is 11.6 Å². The zero-order chi connectivity index (χ0) is 13.1. The van der Waals surface area contributed by atoms with Gasteiger partial charge in [-0.3, -0.25) is 9.59 Å². The first-order valence-corrected chi connectivity index (χ1v) is 6.10. The molecule has 2 aromatic rings. The molecule has 0 aliphatic carbocycles. The second-order valence-corrected chi connectivity index (χ2v) is 4.41. The predicted octanol–water partition coefficient (Wildman–Crippen LogP) is 2.53. The van der Waals surface area contributed by atoms with Gasteiger partial charge in [0.25, 0.3) is 11.7 Å². The SMILES string of the molecule is CCCNC(=O)C(=O)c1c[nH]c2ccc(Cl)cc12. The Kier molecular flexibility index (Phi) is 3.67. The van der Waals surface area contributed by atoms with Crippen molar-refractivity contribution in [1.82, 2.24) is 10.3 Å². The molecule has 0 unspecified atom stereocenters. The zero-order valence-electron chi connectivity index (χ0n) is 9.92. The Labute approximate surface area is 109 Å². The number of benzene rings is 1. The van der Waals surface area contributed by atoms with Gasteiger partial charge in [-0.05, 0) is 24.6 Å². The van der Waals surface area contributed by atoms with Gasteiger partial charge in [-0.15, -0.1) is 0 Å². The molecule has 0 aliphatic heterocycles. The van der Waals surface area contributed by atoms with Crippen LogP contribution in [0.15, 0.2) is 24.4 Å². The van der Waals surface area contributed by atoms with E-state index in [1.165, 1.54) is 6.20 Å². The Hall–Kier alpha value is -1.81. The number of amides is 1. The molecule has 0 bridgehead atoms. The molecule has 0 atom stereocenters. The van der Waals surface area contributed by atoms with Gasteiger partial charge in [0.15, 0.2) is 0 Å². The largest absolute Gasteiger partial charge is 0.360 e. The molecule has 1 amide bonds. The fourth-order valence-corrected chi connectivity index (χ4v) is 1.89. The number of Topliss-reactive ketones (excluding diaryl/α,β-unsaturated/α-hetero) is 1. The van der Waals surface area contributed by atoms with Gasteiger partial charge in [-0.2, -0.15) is 0 Å². The van der Waals surface area contributed by atoms with Gasteiger partial charge in [0.05, 0.1) is 5.56 Å². The summed E-state index contributed by atoms with van der Waals surface area (Å²) in [6.45, 7) is 2.42. The quantitative estimate of drug-likeness (QED) is 0.658. The Bertz CT molecular complexity index is 604. The lowest BCUT2D eigenvalue weighted by molar-refractivity contribution is -0.116. The first-order chi connectivity index (χ1) is 8.63. The fourth-order valence-electron chi connectivity index (χ4n) is 1.72. The number of H-pyrrole nitrogens is 1. The van der Waals surface area contributed by atoms with Crippen LogP contribution < -0.4 is 5.32 Å². The summed E-state index contributed by atoms with van der Waals surface area (Å²) in [5.74, 6) is -1.13. The number of rotatable bonds is 4. The van der Waals surface area contributed by atoms with Gasteiger partial charge in [0.1, 0.15) is 0 Å². The number of hydrogen-bond acceptors (Lipinski definition) is 2. The minimum Gasteiger partial charge on any atom is -0.360 e. The molecule has 0 spiro atoms. The number of carbonyl (C=O) groups is 2. The number of nitrogens with one attached hydrogen (secondary N) is 2. The van der Waals surface area contributed by atoms with Crippen molar-refractivity contribution in [3.63, 3.8) is 0 Å². The number of carbonyl (C=O) groups excluding carboxylic acids is 2. The Morgan fingerprint density at radius 2 is 2.17 bits per heavy atom. The van der Waals surface area contributed by atoms with Gasteiger partial charge in [-0.25, -0.2) is 0 Å². The lowest BCUT2D eigenvalue weighted by Crippen LogP contribution is -2.31. The summed E-state index contributed by atoms with van der Waals surface area (Å²) in [7, 11) is 0. The maximum atomic E-state index is 12.0. The third-order valence-corrected chi connectivity index (χ3v) is 2.87. The maximum Gasteiger partial charge on any atom is 0.292 e. The summed E-state index contributed by atoms with van der Waals surface area (Å²) in [6, 6.07) is 5.18. The van der Waals surface area contributed by atoms with Crippen molar-refractivity contribution >= 4 is 34.2 Å². The van der Waals surface area contributed by atoms with Crippen LogP contribution in [0.25, 0.3) is 10.9 Å². The average molecular weight is 265 g/mol. The molecule has 0 radical (unpaired) electrons. The van der Waals surface area contributed by atoms with Crippen LogP contribution in [0.5, 0.6) is 0 Å². The van der Waals surface area contributed by atoms with E-state index in [1.807, 2.05) is 6.92 Å². The van der Waals surface area contributed by atoms with Gasteiger partial charge in [0.2, 0.25) is 0 Å². The standard InChI is InChI=1S/C13H13ClN2O2/c1-2-5-15-13(18)12(17)10-7-16-11-4-3-8(14)6-9(10)11/h3-4,6-7,16H,2,5H2,1H3,(H,15,18). The van der Waals surface area contributed by atoms with Crippen LogP contribution in [0.1, 0.15) is 23.7 Å². The zero-order valence-corrected chi connectivity index (χ0v) is 10.7. The highest BCUT2D eigenvalue weighted by molar-refractivity contribution is 6.45. The molecule has 2 rings (SSSR count). The molecular weight excluding hydrogens is 252 g/mol. The third-order valence-electron chi connectivity index (χ3n) is 2.63. The normalized spacial score (nSPS) is 10.6. The molecule has 5 heteroatoms. The van der Waals surface area contributed by atoms with E-state index >= 15 is 0 Å². The van der Waals surface area contributed by atoms with E-state index in [-0.39, 0.29) is 0 Å². The van der Waals surface area contributed by atoms with Crippen LogP contribution in [0, 0.1) is 0 Å². The van der Waals surface area contributed by atoms with E-state index in [2.05, 4.69) is 10.3 Å². The van der Waals surface area contributed by atoms with Crippen molar-refractivity contribution in [2.45, 2.75) is 13.3 Å². The highest BCUT2D eigenvalue weighted by atomic mass is 35.5. The van der Waals surface area contributed by atoms with Crippen LogP contribution in [-0.4, -0.2) is 23.2 Å². The highest BCUT2D eigenvalue weighted by Gasteiger charge is 2.19. The molecule has 1 aromatic heterocycles. The molecular formula is C13H13ClN2O2. The van der Waals surface area contributed by atoms with Crippen molar-refractivity contribution in [3.05, 3.63) is 35.0 Å². The summed E-state index contributed by atoms with van der Waals surface area (Å²) in [4.78, 5) is 26.5. The summed E-state index contributed by atoms with van der Waals surface area (Å²) in [5.41, 5.74) is 1.13. The van der Waals surface area contributed by atoms with E-state index in [4.69, 9.17) is 11.6 Å². The molecule has 94 valence electrons. The summed E-state index contributed by atoms with van der Waals surface area (Å²) in [5, 5.41) is 3.76. The minimum atomic E-state index is -0.585. The van der Waals surface area contributed by atoms with Crippen LogP contribution in [0.4, 0.5) is 0 Å². The van der Waals surface area contributed by atoms with E-state index in [1.54, 1.807) is 18.2 Å². The van der Waals surface area contributed by atoms with Crippen LogP contribution in [-0.2, 0) is 4.79 Å². The first-order valence-electron chi connectivity index (χ1n) is 5.72. The molecule has 0 saturated heterocycles. The number of aromatic nitrogens is 1. The Morgan fingerprint density at radius 3 is 2.89 bits per heavy atom. The molecule has 0 fully saturated rings. The summed E-state index contributed by atoms with van der Waals surface area (Å²) < 4.78 is 0. The molecule has 0 aliphatic rings. The lowest BCUT2D eigenvalue weighted by Gasteiger charge is -2.01. The number of fused-ring (bicyclic) bond motifs is 1.